The van der Waals surface area contributed by atoms with Crippen LogP contribution in [0.1, 0.15) is 43.9 Å². The largest absolute Gasteiger partial charge is 0.329 e. The Kier molecular flexibility index (Phi) is 3.47. The van der Waals surface area contributed by atoms with Crippen LogP contribution in [0, 0.1) is 6.92 Å². The monoisotopic (exact) mass is 286 g/mol. The quantitative estimate of drug-likeness (QED) is 0.837. The van der Waals surface area contributed by atoms with Crippen LogP contribution < -0.4 is 0 Å². The molecule has 2 aliphatic heterocycles. The van der Waals surface area contributed by atoms with Crippen molar-refractivity contribution in [1.82, 2.24) is 9.80 Å². The highest BCUT2D eigenvalue weighted by atomic mass is 16.2. The molecule has 3 atom stereocenters. The van der Waals surface area contributed by atoms with Crippen molar-refractivity contribution in [2.24, 2.45) is 0 Å². The van der Waals surface area contributed by atoms with Gasteiger partial charge in [0.15, 0.2) is 0 Å². The lowest BCUT2D eigenvalue weighted by molar-refractivity contribution is -0.161. The minimum Gasteiger partial charge on any atom is -0.329 e. The minimum absolute atomic E-state index is 0.0691. The number of hydrogen-bond acceptors (Lipinski definition) is 2. The van der Waals surface area contributed by atoms with E-state index in [0.29, 0.717) is 0 Å². The van der Waals surface area contributed by atoms with Gasteiger partial charge in [0, 0.05) is 6.54 Å². The topological polar surface area (TPSA) is 40.6 Å². The average Bonchev–Trinajstić information content (AvgIpc) is 2.95. The van der Waals surface area contributed by atoms with Gasteiger partial charge in [-0.15, -0.1) is 0 Å². The van der Waals surface area contributed by atoms with Crippen molar-refractivity contribution in [2.75, 3.05) is 6.54 Å². The second-order valence-electron chi connectivity index (χ2n) is 6.14. The summed E-state index contributed by atoms with van der Waals surface area (Å²) in [6.45, 7) is 6.65. The summed E-state index contributed by atoms with van der Waals surface area (Å²) >= 11 is 0. The predicted octanol–water partition coefficient (Wildman–Crippen LogP) is 2.28. The number of fused-ring (bicyclic) bond motifs is 1. The number of benzene rings is 1. The summed E-state index contributed by atoms with van der Waals surface area (Å²) < 4.78 is 0. The Morgan fingerprint density at radius 3 is 2.62 bits per heavy atom. The van der Waals surface area contributed by atoms with Crippen LogP contribution >= 0.6 is 0 Å². The van der Waals surface area contributed by atoms with Crippen molar-refractivity contribution < 1.29 is 9.59 Å². The molecule has 0 saturated carbocycles. The van der Waals surface area contributed by atoms with E-state index in [1.807, 2.05) is 32.0 Å². The number of rotatable bonds is 2. The van der Waals surface area contributed by atoms with Crippen LogP contribution in [0.4, 0.5) is 0 Å². The normalized spacial score (nSPS) is 27.0. The van der Waals surface area contributed by atoms with Gasteiger partial charge in [-0.25, -0.2) is 0 Å². The zero-order valence-corrected chi connectivity index (χ0v) is 12.9. The van der Waals surface area contributed by atoms with Crippen molar-refractivity contribution >= 4 is 11.8 Å². The summed E-state index contributed by atoms with van der Waals surface area (Å²) in [6.07, 6.45) is 1.73. The third kappa shape index (κ3) is 2.13. The minimum atomic E-state index is -0.374. The first-order valence-electron chi connectivity index (χ1n) is 7.70. The molecule has 2 saturated heterocycles. The van der Waals surface area contributed by atoms with Crippen molar-refractivity contribution in [3.8, 4) is 0 Å². The fourth-order valence-corrected chi connectivity index (χ4v) is 3.74. The van der Waals surface area contributed by atoms with Gasteiger partial charge in [-0.1, -0.05) is 24.3 Å². The summed E-state index contributed by atoms with van der Waals surface area (Å²) in [6, 6.07) is 7.40. The lowest BCUT2D eigenvalue weighted by Crippen LogP contribution is -2.62. The second kappa shape index (κ2) is 5.17. The van der Waals surface area contributed by atoms with E-state index >= 15 is 0 Å². The van der Waals surface area contributed by atoms with E-state index in [2.05, 4.69) is 13.0 Å². The Hall–Kier alpha value is -1.84. The molecule has 2 fully saturated rings. The molecule has 1 aromatic rings. The van der Waals surface area contributed by atoms with Crippen molar-refractivity contribution in [1.29, 1.82) is 0 Å². The Labute approximate surface area is 125 Å². The van der Waals surface area contributed by atoms with E-state index in [9.17, 15) is 9.59 Å². The first kappa shape index (κ1) is 14.1. The maximum atomic E-state index is 12.8. The summed E-state index contributed by atoms with van der Waals surface area (Å²) in [4.78, 5) is 28.9. The number of carbonyl (C=O) groups excluding carboxylic acids is 2. The second-order valence-corrected chi connectivity index (χ2v) is 6.14. The smallest absolute Gasteiger partial charge is 0.246 e. The fourth-order valence-electron chi connectivity index (χ4n) is 3.74. The van der Waals surface area contributed by atoms with Crippen LogP contribution in [0.25, 0.3) is 0 Å². The Morgan fingerprint density at radius 2 is 1.90 bits per heavy atom. The molecule has 0 bridgehead atoms. The molecule has 3 unspecified atom stereocenters. The highest BCUT2D eigenvalue weighted by Gasteiger charge is 2.47. The van der Waals surface area contributed by atoms with E-state index in [-0.39, 0.29) is 29.9 Å². The van der Waals surface area contributed by atoms with Gasteiger partial charge in [-0.05, 0) is 44.7 Å². The highest BCUT2D eigenvalue weighted by Crippen LogP contribution is 2.33. The third-order valence-corrected chi connectivity index (χ3v) is 4.91. The van der Waals surface area contributed by atoms with Crippen LogP contribution in [0.3, 0.4) is 0 Å². The molecule has 0 aromatic heterocycles. The molecule has 4 nitrogen and oxygen atoms in total. The van der Waals surface area contributed by atoms with Gasteiger partial charge in [0.25, 0.3) is 0 Å². The molecule has 0 N–H and O–H groups in total. The molecule has 2 aliphatic rings. The first-order chi connectivity index (χ1) is 10.0. The van der Waals surface area contributed by atoms with Gasteiger partial charge < -0.3 is 9.80 Å². The van der Waals surface area contributed by atoms with Gasteiger partial charge in [0.05, 0.1) is 6.04 Å². The average molecular weight is 286 g/mol. The molecule has 2 heterocycles. The molecular weight excluding hydrogens is 264 g/mol. The molecule has 0 aliphatic carbocycles. The van der Waals surface area contributed by atoms with E-state index in [4.69, 9.17) is 0 Å². The van der Waals surface area contributed by atoms with E-state index in [1.54, 1.807) is 9.80 Å². The zero-order chi connectivity index (χ0) is 15.1. The van der Waals surface area contributed by atoms with Crippen molar-refractivity contribution in [3.05, 3.63) is 35.4 Å². The number of hydrogen-bond donors (Lipinski definition) is 0. The Balaban J connectivity index is 1.95. The number of nitrogens with zero attached hydrogens (tertiary/aromatic N) is 2. The summed E-state index contributed by atoms with van der Waals surface area (Å²) in [5, 5.41) is 0. The van der Waals surface area contributed by atoms with Crippen molar-refractivity contribution in [3.63, 3.8) is 0 Å². The maximum absolute atomic E-state index is 12.8. The van der Waals surface area contributed by atoms with Gasteiger partial charge in [-0.2, -0.15) is 0 Å². The summed E-state index contributed by atoms with van der Waals surface area (Å²) in [5.41, 5.74) is 2.28. The van der Waals surface area contributed by atoms with Gasteiger partial charge in [0.1, 0.15) is 12.1 Å². The Morgan fingerprint density at radius 1 is 1.19 bits per heavy atom. The highest BCUT2D eigenvalue weighted by molar-refractivity contribution is 5.97. The standard InChI is InChI=1S/C17H22N2O2/c1-11-7-4-5-8-14(11)12(2)19-13(3)16(20)18-10-6-9-15(18)17(19)21/h4-5,7-8,12-13,15H,6,9-10H2,1-3H3. The van der Waals surface area contributed by atoms with Crippen LogP contribution in [0.2, 0.25) is 0 Å². The predicted molar refractivity (Wildman–Crippen MR) is 80.6 cm³/mol. The van der Waals surface area contributed by atoms with Crippen LogP contribution in [-0.2, 0) is 9.59 Å². The number of amides is 2. The third-order valence-electron chi connectivity index (χ3n) is 4.91. The molecule has 1 aromatic carbocycles. The summed E-state index contributed by atoms with van der Waals surface area (Å²) in [7, 11) is 0. The van der Waals surface area contributed by atoms with E-state index in [0.717, 1.165) is 30.5 Å². The molecule has 21 heavy (non-hydrogen) atoms. The maximum Gasteiger partial charge on any atom is 0.246 e. The molecule has 112 valence electrons. The van der Waals surface area contributed by atoms with Gasteiger partial charge in [-0.3, -0.25) is 9.59 Å². The number of piperazine rings is 1. The lowest BCUT2D eigenvalue weighted by atomic mass is 9.97. The van der Waals surface area contributed by atoms with E-state index < -0.39 is 0 Å². The van der Waals surface area contributed by atoms with E-state index in [1.165, 1.54) is 0 Å². The van der Waals surface area contributed by atoms with Gasteiger partial charge in [0.2, 0.25) is 11.8 Å². The number of aryl methyl sites for hydroxylation is 1. The molecule has 4 heteroatoms. The van der Waals surface area contributed by atoms with Crippen LogP contribution in [0.5, 0.6) is 0 Å². The number of carbonyl (C=O) groups is 2. The summed E-state index contributed by atoms with van der Waals surface area (Å²) in [5.74, 6) is 0.202. The van der Waals surface area contributed by atoms with Crippen molar-refractivity contribution in [2.45, 2.75) is 51.7 Å². The zero-order valence-electron chi connectivity index (χ0n) is 12.9. The molecule has 0 spiro atoms. The first-order valence-corrected chi connectivity index (χ1v) is 7.70. The molecule has 3 rings (SSSR count). The SMILES string of the molecule is Cc1ccccc1C(C)N1C(=O)C2CCCN2C(=O)C1C. The molecule has 2 amide bonds. The van der Waals surface area contributed by atoms with Crippen LogP contribution in [0.15, 0.2) is 24.3 Å². The Bertz CT molecular complexity index is 584. The van der Waals surface area contributed by atoms with Crippen LogP contribution in [-0.4, -0.2) is 40.2 Å². The van der Waals surface area contributed by atoms with Gasteiger partial charge >= 0.3 is 0 Å². The lowest BCUT2D eigenvalue weighted by Gasteiger charge is -2.44. The molecular formula is C17H22N2O2. The fraction of sp³-hybridized carbons (Fsp3) is 0.529. The molecule has 0 radical (unpaired) electrons.